The monoisotopic (exact) mass is 422 g/mol. The largest absolute Gasteiger partial charge is 0.454 e. The molecule has 0 spiro atoms. The van der Waals surface area contributed by atoms with Crippen LogP contribution < -0.4 is 5.32 Å². The van der Waals surface area contributed by atoms with E-state index in [0.29, 0.717) is 22.7 Å². The number of anilines is 1. The highest BCUT2D eigenvalue weighted by molar-refractivity contribution is 7.19. The Morgan fingerprint density at radius 3 is 2.53 bits per heavy atom. The van der Waals surface area contributed by atoms with Crippen LogP contribution in [0.1, 0.15) is 35.6 Å². The van der Waals surface area contributed by atoms with Crippen LogP contribution in [0.3, 0.4) is 0 Å². The van der Waals surface area contributed by atoms with Gasteiger partial charge in [0.25, 0.3) is 0 Å². The number of aromatic nitrogens is 1. The van der Waals surface area contributed by atoms with Gasteiger partial charge in [-0.15, -0.1) is 11.3 Å². The predicted molar refractivity (Wildman–Crippen MR) is 118 cm³/mol. The third kappa shape index (κ3) is 6.09. The maximum atomic E-state index is 12.2. The molecule has 0 bridgehead atoms. The molecule has 30 heavy (non-hydrogen) atoms. The number of nitrogens with zero attached hydrogens (tertiary/aromatic N) is 1. The zero-order valence-electron chi connectivity index (χ0n) is 16.8. The first-order valence-corrected chi connectivity index (χ1v) is 10.4. The molecule has 0 unspecified atom stereocenters. The van der Waals surface area contributed by atoms with Crippen LogP contribution in [0.4, 0.5) is 5.69 Å². The van der Waals surface area contributed by atoms with Crippen molar-refractivity contribution >= 4 is 51.0 Å². The summed E-state index contributed by atoms with van der Waals surface area (Å²) in [6.45, 7) is 3.58. The molecule has 0 saturated heterocycles. The van der Waals surface area contributed by atoms with Crippen LogP contribution in [0.2, 0.25) is 0 Å². The van der Waals surface area contributed by atoms with Gasteiger partial charge in [-0.2, -0.15) is 0 Å². The van der Waals surface area contributed by atoms with Crippen molar-refractivity contribution in [3.63, 3.8) is 0 Å². The van der Waals surface area contributed by atoms with Gasteiger partial charge in [0.2, 0.25) is 5.91 Å². The number of esters is 1. The van der Waals surface area contributed by atoms with E-state index in [0.717, 1.165) is 10.2 Å². The van der Waals surface area contributed by atoms with Crippen molar-refractivity contribution in [1.29, 1.82) is 0 Å². The van der Waals surface area contributed by atoms with Crippen LogP contribution in [0, 0.1) is 5.92 Å². The fourth-order valence-electron chi connectivity index (χ4n) is 2.69. The number of thiazole rings is 1. The first-order chi connectivity index (χ1) is 14.4. The number of nitrogens with one attached hydrogen (secondary N) is 1. The Morgan fingerprint density at radius 1 is 1.10 bits per heavy atom. The molecular formula is C23H22N2O4S. The molecule has 1 amide bonds. The molecule has 0 radical (unpaired) electrons. The van der Waals surface area contributed by atoms with E-state index in [1.54, 1.807) is 30.3 Å². The zero-order valence-corrected chi connectivity index (χ0v) is 17.6. The third-order valence-corrected chi connectivity index (χ3v) is 5.10. The van der Waals surface area contributed by atoms with E-state index >= 15 is 0 Å². The van der Waals surface area contributed by atoms with Crippen molar-refractivity contribution in [3.8, 4) is 0 Å². The molecule has 0 aliphatic heterocycles. The van der Waals surface area contributed by atoms with Crippen molar-refractivity contribution in [2.75, 3.05) is 11.9 Å². The maximum absolute atomic E-state index is 12.2. The number of hydrogen-bond donors (Lipinski definition) is 1. The van der Waals surface area contributed by atoms with E-state index in [1.165, 1.54) is 17.4 Å². The standard InChI is InChI=1S/C23H22N2O4S/c1-15(2)13-21(27)24-17-9-7-16(8-10-17)19(26)14-29-23(28)12-11-22-25-18-5-3-4-6-20(18)30-22/h3-12,15H,13-14H2,1-2H3,(H,24,27)/b12-11+. The highest BCUT2D eigenvalue weighted by Crippen LogP contribution is 2.22. The van der Waals surface area contributed by atoms with Crippen LogP contribution in [-0.2, 0) is 14.3 Å². The molecule has 3 aromatic rings. The molecule has 1 aromatic heterocycles. The van der Waals surface area contributed by atoms with E-state index in [-0.39, 0.29) is 24.2 Å². The number of benzene rings is 2. The predicted octanol–water partition coefficient (Wildman–Crippen LogP) is 4.72. The minimum absolute atomic E-state index is 0.0714. The lowest BCUT2D eigenvalue weighted by Crippen LogP contribution is -2.14. The van der Waals surface area contributed by atoms with E-state index < -0.39 is 5.97 Å². The number of Topliss-reactive ketones (excluding diaryl/α,β-unsaturated/α-hetero) is 1. The Balaban J connectivity index is 1.49. The van der Waals surface area contributed by atoms with Gasteiger partial charge in [0.1, 0.15) is 5.01 Å². The van der Waals surface area contributed by atoms with E-state index in [2.05, 4.69) is 10.3 Å². The first-order valence-electron chi connectivity index (χ1n) is 9.54. The Kier molecular flexibility index (Phi) is 7.08. The number of carbonyl (C=O) groups is 3. The lowest BCUT2D eigenvalue weighted by molar-refractivity contribution is -0.136. The Bertz CT molecular complexity index is 1050. The Morgan fingerprint density at radius 2 is 1.83 bits per heavy atom. The third-order valence-electron chi connectivity index (χ3n) is 4.10. The summed E-state index contributed by atoms with van der Waals surface area (Å²) in [5, 5.41) is 3.47. The molecule has 6 nitrogen and oxygen atoms in total. The maximum Gasteiger partial charge on any atom is 0.331 e. The number of ketones is 1. The molecule has 0 saturated carbocycles. The second kappa shape index (κ2) is 9.93. The molecule has 3 rings (SSSR count). The molecule has 0 aliphatic carbocycles. The Labute approximate surface area is 178 Å². The highest BCUT2D eigenvalue weighted by atomic mass is 32.1. The minimum Gasteiger partial charge on any atom is -0.454 e. The minimum atomic E-state index is -0.611. The summed E-state index contributed by atoms with van der Waals surface area (Å²) in [6, 6.07) is 14.2. The van der Waals surface area contributed by atoms with E-state index in [4.69, 9.17) is 4.74 Å². The lowest BCUT2D eigenvalue weighted by Gasteiger charge is -2.08. The smallest absolute Gasteiger partial charge is 0.331 e. The fourth-order valence-corrected chi connectivity index (χ4v) is 3.56. The van der Waals surface area contributed by atoms with Crippen molar-refractivity contribution in [2.24, 2.45) is 5.92 Å². The van der Waals surface area contributed by atoms with Gasteiger partial charge in [-0.3, -0.25) is 9.59 Å². The second-order valence-electron chi connectivity index (χ2n) is 7.11. The van der Waals surface area contributed by atoms with Crippen molar-refractivity contribution in [1.82, 2.24) is 4.98 Å². The quantitative estimate of drug-likeness (QED) is 0.322. The van der Waals surface area contributed by atoms with Gasteiger partial charge in [0, 0.05) is 23.7 Å². The van der Waals surface area contributed by atoms with Crippen LogP contribution in [0.25, 0.3) is 16.3 Å². The summed E-state index contributed by atoms with van der Waals surface area (Å²) in [5.74, 6) is -0.737. The SMILES string of the molecule is CC(C)CC(=O)Nc1ccc(C(=O)COC(=O)/C=C/c2nc3ccccc3s2)cc1. The molecular weight excluding hydrogens is 400 g/mol. The summed E-state index contributed by atoms with van der Waals surface area (Å²) in [5.41, 5.74) is 1.89. The van der Waals surface area contributed by atoms with Crippen molar-refractivity contribution in [3.05, 3.63) is 65.2 Å². The summed E-state index contributed by atoms with van der Waals surface area (Å²) >= 11 is 1.47. The van der Waals surface area contributed by atoms with Crippen molar-refractivity contribution in [2.45, 2.75) is 20.3 Å². The summed E-state index contributed by atoms with van der Waals surface area (Å²) in [4.78, 5) is 40.3. The molecule has 1 heterocycles. The number of rotatable bonds is 8. The van der Waals surface area contributed by atoms with Crippen LogP contribution in [0.15, 0.2) is 54.6 Å². The van der Waals surface area contributed by atoms with E-state index in [1.807, 2.05) is 38.1 Å². The van der Waals surface area contributed by atoms with Gasteiger partial charge in [-0.1, -0.05) is 26.0 Å². The first kappa shape index (κ1) is 21.4. The highest BCUT2D eigenvalue weighted by Gasteiger charge is 2.10. The topological polar surface area (TPSA) is 85.4 Å². The lowest BCUT2D eigenvalue weighted by atomic mass is 10.1. The molecule has 154 valence electrons. The number of amides is 1. The summed E-state index contributed by atoms with van der Waals surface area (Å²) < 4.78 is 6.06. The summed E-state index contributed by atoms with van der Waals surface area (Å²) in [6.07, 6.45) is 3.27. The van der Waals surface area contributed by atoms with Crippen LogP contribution >= 0.6 is 11.3 Å². The van der Waals surface area contributed by atoms with Gasteiger partial charge in [-0.05, 0) is 48.4 Å². The average Bonchev–Trinajstić information content (AvgIpc) is 3.13. The Hall–Kier alpha value is -3.32. The molecule has 2 aromatic carbocycles. The van der Waals surface area contributed by atoms with Gasteiger partial charge in [-0.25, -0.2) is 9.78 Å². The van der Waals surface area contributed by atoms with Crippen LogP contribution in [0.5, 0.6) is 0 Å². The van der Waals surface area contributed by atoms with Crippen molar-refractivity contribution < 1.29 is 19.1 Å². The van der Waals surface area contributed by atoms with Gasteiger partial charge < -0.3 is 10.1 Å². The van der Waals surface area contributed by atoms with Gasteiger partial charge >= 0.3 is 5.97 Å². The molecule has 7 heteroatoms. The van der Waals surface area contributed by atoms with E-state index in [9.17, 15) is 14.4 Å². The average molecular weight is 423 g/mol. The number of fused-ring (bicyclic) bond motifs is 1. The molecule has 0 atom stereocenters. The number of ether oxygens (including phenoxy) is 1. The number of hydrogen-bond acceptors (Lipinski definition) is 6. The fraction of sp³-hybridized carbons (Fsp3) is 0.217. The number of para-hydroxylation sites is 1. The number of carbonyl (C=O) groups excluding carboxylic acids is 3. The normalized spacial score (nSPS) is 11.2. The van der Waals surface area contributed by atoms with Gasteiger partial charge in [0.15, 0.2) is 12.4 Å². The van der Waals surface area contributed by atoms with Crippen LogP contribution in [-0.4, -0.2) is 29.3 Å². The summed E-state index contributed by atoms with van der Waals surface area (Å²) in [7, 11) is 0. The molecule has 1 N–H and O–H groups in total. The second-order valence-corrected chi connectivity index (χ2v) is 8.17. The van der Waals surface area contributed by atoms with Gasteiger partial charge in [0.05, 0.1) is 10.2 Å². The molecule has 0 fully saturated rings. The zero-order chi connectivity index (χ0) is 21.5. The molecule has 0 aliphatic rings.